The van der Waals surface area contributed by atoms with Crippen LogP contribution in [-0.2, 0) is 55.6 Å². The molecular formula is C45H52NO13P. The van der Waals surface area contributed by atoms with Crippen LogP contribution in [0.25, 0.3) is 0 Å². The Morgan fingerprint density at radius 1 is 0.983 bits per heavy atom. The molecule has 0 aromatic heterocycles. The van der Waals surface area contributed by atoms with Crippen molar-refractivity contribution in [3.05, 3.63) is 94.6 Å². The van der Waals surface area contributed by atoms with E-state index in [4.69, 9.17) is 9.47 Å². The molecule has 15 heteroatoms. The lowest BCUT2D eigenvalue weighted by atomic mass is 9.46. The van der Waals surface area contributed by atoms with E-state index in [1.807, 2.05) is 37.3 Å². The maximum Gasteiger partial charge on any atom is 0.394 e. The van der Waals surface area contributed by atoms with Gasteiger partial charge >= 0.3 is 13.6 Å². The third-order valence-corrected chi connectivity index (χ3v) is 14.8. The summed E-state index contributed by atoms with van der Waals surface area (Å²) in [5.74, 6) is -2.90. The summed E-state index contributed by atoms with van der Waals surface area (Å²) in [6.07, 6.45) is 3.52. The van der Waals surface area contributed by atoms with Crippen LogP contribution in [0.15, 0.2) is 72.3 Å². The zero-order valence-corrected chi connectivity index (χ0v) is 34.8. The van der Waals surface area contributed by atoms with Gasteiger partial charge in [-0.2, -0.15) is 0 Å². The topological polar surface area (TPSA) is 231 Å². The molecule has 4 aliphatic carbocycles. The molecule has 60 heavy (non-hydrogen) atoms. The highest BCUT2D eigenvalue weighted by atomic mass is 31.2. The Morgan fingerprint density at radius 2 is 1.70 bits per heavy atom. The number of ketones is 3. The second-order valence-corrected chi connectivity index (χ2v) is 19.2. The second kappa shape index (κ2) is 16.4. The summed E-state index contributed by atoms with van der Waals surface area (Å²) in [5, 5.41) is 23.7. The van der Waals surface area contributed by atoms with Crippen LogP contribution < -0.4 is 5.32 Å². The van der Waals surface area contributed by atoms with Gasteiger partial charge in [-0.25, -0.2) is 0 Å². The number of fused-ring (bicyclic) bond motifs is 7. The van der Waals surface area contributed by atoms with E-state index in [0.29, 0.717) is 36.8 Å². The molecular weight excluding hydrogens is 793 g/mol. The Morgan fingerprint density at radius 3 is 2.38 bits per heavy atom. The van der Waals surface area contributed by atoms with Crippen LogP contribution in [0.4, 0.5) is 0 Å². The summed E-state index contributed by atoms with van der Waals surface area (Å²) in [7, 11) is -5.35. The largest absolute Gasteiger partial charge is 0.481 e. The SMILES string of the molecule is CC(=O)CCC(=O)N[C@@H](CCC(=O)O)C(=O)Cc1cccc(Cc2ccc([C@@H]3O[C@@H]4C[C@H]5[C@@H]6CCC7=CC(=O)C=C[C@]7(C)[C@H]6[C@@H](O)C[C@]5(C)[C@]4(C(=O)P(=O)(O)O)O3)cc2)c1. The monoisotopic (exact) mass is 845 g/mol. The number of nitrogens with one attached hydrogen (secondary N) is 1. The Labute approximate surface area is 348 Å². The molecule has 0 radical (unpaired) electrons. The van der Waals surface area contributed by atoms with Gasteiger partial charge in [-0.3, -0.25) is 28.5 Å². The highest BCUT2D eigenvalue weighted by Gasteiger charge is 2.78. The van der Waals surface area contributed by atoms with Crippen LogP contribution in [0.3, 0.4) is 0 Å². The zero-order chi connectivity index (χ0) is 43.4. The summed E-state index contributed by atoms with van der Waals surface area (Å²) in [6.45, 7) is 5.17. The fraction of sp³-hybridized carbons (Fsp3) is 0.511. The molecule has 1 amide bonds. The molecule has 1 saturated heterocycles. The third kappa shape index (κ3) is 8.06. The Bertz CT molecular complexity index is 2210. The minimum Gasteiger partial charge on any atom is -0.481 e. The van der Waals surface area contributed by atoms with Crippen molar-refractivity contribution in [3.8, 4) is 0 Å². The third-order valence-electron chi connectivity index (χ3n) is 13.9. The number of ether oxygens (including phenoxy) is 2. The number of Topliss-reactive ketones (excluding diaryl/α,β-unsaturated/α-hetero) is 2. The molecule has 14 nitrogen and oxygen atoms in total. The Kier molecular flexibility index (Phi) is 12.0. The van der Waals surface area contributed by atoms with Gasteiger partial charge in [0.2, 0.25) is 5.91 Å². The minimum atomic E-state index is -5.35. The molecule has 1 aliphatic heterocycles. The fourth-order valence-electron chi connectivity index (χ4n) is 11.1. The number of allylic oxidation sites excluding steroid dienone is 4. The lowest BCUT2D eigenvalue weighted by molar-refractivity contribution is -0.196. The number of aliphatic carboxylic acids is 1. The number of benzene rings is 2. The molecule has 10 atom stereocenters. The van der Waals surface area contributed by atoms with E-state index in [0.717, 1.165) is 16.7 Å². The molecule has 0 unspecified atom stereocenters. The average Bonchev–Trinajstić information content (AvgIpc) is 3.67. The second-order valence-electron chi connectivity index (χ2n) is 17.7. The number of carboxylic acid groups (broad SMARTS) is 1. The number of carboxylic acids is 1. The highest BCUT2D eigenvalue weighted by molar-refractivity contribution is 7.70. The van der Waals surface area contributed by atoms with Crippen molar-refractivity contribution in [2.75, 3.05) is 0 Å². The summed E-state index contributed by atoms with van der Waals surface area (Å²) in [4.78, 5) is 95.4. The van der Waals surface area contributed by atoms with Gasteiger partial charge in [-0.1, -0.05) is 74.0 Å². The van der Waals surface area contributed by atoms with Crippen molar-refractivity contribution in [2.45, 2.75) is 115 Å². The Balaban J connectivity index is 1.06. The first-order valence-electron chi connectivity index (χ1n) is 20.5. The highest BCUT2D eigenvalue weighted by Crippen LogP contribution is 2.72. The van der Waals surface area contributed by atoms with E-state index in [-0.39, 0.29) is 73.6 Å². The van der Waals surface area contributed by atoms with Crippen LogP contribution in [-0.4, -0.2) is 78.6 Å². The van der Waals surface area contributed by atoms with E-state index in [1.165, 1.54) is 13.0 Å². The van der Waals surface area contributed by atoms with Crippen LogP contribution in [0.1, 0.15) is 101 Å². The normalized spacial score (nSPS) is 32.2. The number of rotatable bonds is 15. The van der Waals surface area contributed by atoms with E-state index >= 15 is 0 Å². The first-order valence-corrected chi connectivity index (χ1v) is 22.1. The lowest BCUT2D eigenvalue weighted by Crippen LogP contribution is -2.62. The number of carbonyl (C=O) groups excluding carboxylic acids is 5. The first-order chi connectivity index (χ1) is 28.2. The van der Waals surface area contributed by atoms with Gasteiger partial charge in [0.1, 0.15) is 5.78 Å². The quantitative estimate of drug-likeness (QED) is 0.151. The van der Waals surface area contributed by atoms with Crippen LogP contribution >= 0.6 is 7.60 Å². The summed E-state index contributed by atoms with van der Waals surface area (Å²) in [6, 6.07) is 13.5. The molecule has 7 rings (SSSR count). The first kappa shape index (κ1) is 43.7. The van der Waals surface area contributed by atoms with E-state index in [9.17, 15) is 53.3 Å². The molecule has 5 N–H and O–H groups in total. The van der Waals surface area contributed by atoms with E-state index in [1.54, 1.807) is 37.3 Å². The molecule has 0 spiro atoms. The summed E-state index contributed by atoms with van der Waals surface area (Å²) < 4.78 is 25.9. The minimum absolute atomic E-state index is 0.0154. The lowest BCUT2D eigenvalue weighted by Gasteiger charge is -2.59. The van der Waals surface area contributed by atoms with Gasteiger partial charge in [0.05, 0.1) is 18.2 Å². The van der Waals surface area contributed by atoms with E-state index in [2.05, 4.69) is 5.32 Å². The van der Waals surface area contributed by atoms with Gasteiger partial charge in [-0.05, 0) is 86.1 Å². The number of aliphatic hydroxyl groups is 1. The van der Waals surface area contributed by atoms with Crippen molar-refractivity contribution < 1.29 is 62.8 Å². The summed E-state index contributed by atoms with van der Waals surface area (Å²) in [5.41, 5.74) is -1.21. The number of hydrogen-bond acceptors (Lipinski definition) is 10. The van der Waals surface area contributed by atoms with Crippen molar-refractivity contribution in [1.29, 1.82) is 0 Å². The van der Waals surface area contributed by atoms with Gasteiger partial charge in [0.15, 0.2) is 23.5 Å². The molecule has 320 valence electrons. The number of carbonyl (C=O) groups is 6. The fourth-order valence-corrected chi connectivity index (χ4v) is 12.0. The predicted molar refractivity (Wildman–Crippen MR) is 215 cm³/mol. The number of amides is 1. The van der Waals surface area contributed by atoms with E-state index < -0.39 is 66.0 Å². The molecule has 3 saturated carbocycles. The van der Waals surface area contributed by atoms with Crippen LogP contribution in [0, 0.1) is 28.6 Å². The van der Waals surface area contributed by atoms with Crippen molar-refractivity contribution >= 4 is 42.3 Å². The maximum absolute atomic E-state index is 14.1. The Hall–Kier alpha value is -4.43. The van der Waals surface area contributed by atoms with Gasteiger partial charge in [-0.15, -0.1) is 0 Å². The van der Waals surface area contributed by atoms with Crippen molar-refractivity contribution in [1.82, 2.24) is 5.32 Å². The van der Waals surface area contributed by atoms with Crippen molar-refractivity contribution in [2.24, 2.45) is 28.6 Å². The maximum atomic E-state index is 14.1. The van der Waals surface area contributed by atoms with Crippen LogP contribution in [0.2, 0.25) is 0 Å². The molecule has 2 aromatic rings. The zero-order valence-electron chi connectivity index (χ0n) is 33.9. The number of aliphatic hydroxyl groups excluding tert-OH is 1. The number of hydrogen-bond donors (Lipinski definition) is 5. The van der Waals surface area contributed by atoms with Gasteiger partial charge < -0.3 is 39.6 Å². The molecule has 5 aliphatic rings. The molecule has 0 bridgehead atoms. The predicted octanol–water partition coefficient (Wildman–Crippen LogP) is 4.85. The van der Waals surface area contributed by atoms with Crippen molar-refractivity contribution in [3.63, 3.8) is 0 Å². The smallest absolute Gasteiger partial charge is 0.394 e. The molecule has 4 fully saturated rings. The molecule has 1 heterocycles. The average molecular weight is 846 g/mol. The standard InChI is InChI=1S/C45H52NO13P/c1-25(47)7-15-38(51)46-34(14-16-39(52)53)35(49)21-28-6-4-5-27(20-28)19-26-8-10-29(11-9-26)41-58-37-23-33-32-13-12-30-22-31(48)17-18-43(30,2)40(32)36(50)24-44(33,3)45(37,59-41)42(54)60(55,56)57/h4-6,8-11,17-18,20,22,32-34,36-37,40-41,50H,7,12-16,19,21,23-24H2,1-3H3,(H,46,51)(H,52,53)(H2,55,56,57)/t32-,33-,34-,36-,37+,40+,41+,43-,44-,45-/m0/s1. The van der Waals surface area contributed by atoms with Gasteiger partial charge in [0, 0.05) is 48.0 Å². The van der Waals surface area contributed by atoms with Crippen LogP contribution in [0.5, 0.6) is 0 Å². The van der Waals surface area contributed by atoms with Gasteiger partial charge in [0.25, 0.3) is 5.52 Å². The molecule has 2 aromatic carbocycles. The summed E-state index contributed by atoms with van der Waals surface area (Å²) >= 11 is 0.